The first kappa shape index (κ1) is 17.0. The number of benzene rings is 1. The highest BCUT2D eigenvalue weighted by Gasteiger charge is 2.23. The highest BCUT2D eigenvalue weighted by Crippen LogP contribution is 2.19. The van der Waals surface area contributed by atoms with Gasteiger partial charge in [-0.3, -0.25) is 9.69 Å². The third kappa shape index (κ3) is 4.05. The van der Waals surface area contributed by atoms with Gasteiger partial charge in [0.15, 0.2) is 0 Å². The van der Waals surface area contributed by atoms with Gasteiger partial charge >= 0.3 is 0 Å². The van der Waals surface area contributed by atoms with Gasteiger partial charge in [-0.2, -0.15) is 0 Å². The smallest absolute Gasteiger partial charge is 0.271 e. The third-order valence-electron chi connectivity index (χ3n) is 5.31. The van der Waals surface area contributed by atoms with Crippen LogP contribution in [-0.2, 0) is 13.0 Å². The Hall–Kier alpha value is -2.40. The van der Waals surface area contributed by atoms with Crippen molar-refractivity contribution < 1.29 is 4.79 Å². The fourth-order valence-corrected chi connectivity index (χ4v) is 3.47. The molecule has 5 heteroatoms. The van der Waals surface area contributed by atoms with Crippen molar-refractivity contribution in [3.05, 3.63) is 59.7 Å². The summed E-state index contributed by atoms with van der Waals surface area (Å²) >= 11 is 0. The number of carbonyl (C=O) groups is 1. The SMILES string of the molecule is O=C(NC1CCC1)c1cn2c(n1)CCN(CC=Cc1ccccc1)CC2. The van der Waals surface area contributed by atoms with Gasteiger partial charge in [0.05, 0.1) is 0 Å². The minimum atomic E-state index is -0.0158. The van der Waals surface area contributed by atoms with Crippen molar-refractivity contribution >= 4 is 12.0 Å². The van der Waals surface area contributed by atoms with Crippen LogP contribution in [0.25, 0.3) is 6.08 Å². The van der Waals surface area contributed by atoms with E-state index < -0.39 is 0 Å². The maximum atomic E-state index is 12.3. The van der Waals surface area contributed by atoms with E-state index in [2.05, 4.69) is 56.2 Å². The van der Waals surface area contributed by atoms with Gasteiger partial charge in [-0.25, -0.2) is 4.98 Å². The Morgan fingerprint density at radius 1 is 1.19 bits per heavy atom. The lowest BCUT2D eigenvalue weighted by Gasteiger charge is -2.25. The fraction of sp³-hybridized carbons (Fsp3) is 0.429. The summed E-state index contributed by atoms with van der Waals surface area (Å²) in [6.45, 7) is 3.78. The van der Waals surface area contributed by atoms with Crippen molar-refractivity contribution in [3.8, 4) is 0 Å². The summed E-state index contributed by atoms with van der Waals surface area (Å²) in [7, 11) is 0. The van der Waals surface area contributed by atoms with Crippen LogP contribution in [0.15, 0.2) is 42.6 Å². The molecule has 0 bridgehead atoms. The normalized spacial score (nSPS) is 18.3. The Morgan fingerprint density at radius 2 is 2.04 bits per heavy atom. The van der Waals surface area contributed by atoms with E-state index >= 15 is 0 Å². The van der Waals surface area contributed by atoms with Gasteiger partial charge in [-0.15, -0.1) is 0 Å². The summed E-state index contributed by atoms with van der Waals surface area (Å²) in [4.78, 5) is 19.3. The van der Waals surface area contributed by atoms with Crippen LogP contribution < -0.4 is 5.32 Å². The Bertz CT molecular complexity index is 751. The van der Waals surface area contributed by atoms with Crippen LogP contribution >= 0.6 is 0 Å². The van der Waals surface area contributed by atoms with Gasteiger partial charge < -0.3 is 9.88 Å². The van der Waals surface area contributed by atoms with Crippen LogP contribution in [0.4, 0.5) is 0 Å². The van der Waals surface area contributed by atoms with Crippen LogP contribution in [0, 0.1) is 0 Å². The summed E-state index contributed by atoms with van der Waals surface area (Å²) < 4.78 is 2.15. The lowest BCUT2D eigenvalue weighted by atomic mass is 9.93. The van der Waals surface area contributed by atoms with Crippen molar-refractivity contribution in [1.82, 2.24) is 19.8 Å². The summed E-state index contributed by atoms with van der Waals surface area (Å²) in [6.07, 6.45) is 10.6. The monoisotopic (exact) mass is 350 g/mol. The van der Waals surface area contributed by atoms with E-state index in [0.717, 1.165) is 51.3 Å². The zero-order chi connectivity index (χ0) is 17.8. The average Bonchev–Trinajstić information content (AvgIpc) is 2.95. The number of rotatable bonds is 5. The van der Waals surface area contributed by atoms with Gasteiger partial charge in [-0.1, -0.05) is 42.5 Å². The number of hydrogen-bond donors (Lipinski definition) is 1. The number of carbonyl (C=O) groups excluding carboxylic acids is 1. The number of fused-ring (bicyclic) bond motifs is 1. The summed E-state index contributed by atoms with van der Waals surface area (Å²) in [6, 6.07) is 10.7. The second kappa shape index (κ2) is 7.87. The van der Waals surface area contributed by atoms with E-state index in [-0.39, 0.29) is 5.91 Å². The molecule has 2 aliphatic rings. The predicted octanol–water partition coefficient (Wildman–Crippen LogP) is 2.74. The lowest BCUT2D eigenvalue weighted by molar-refractivity contribution is 0.0912. The standard InChI is InChI=1S/C21H26N4O/c26-21(22-18-9-4-10-18)19-16-25-15-14-24(13-11-20(25)23-19)12-5-8-17-6-2-1-3-7-17/h1-3,5-8,16,18H,4,9-15H2,(H,22,26). The van der Waals surface area contributed by atoms with Crippen LogP contribution in [-0.4, -0.2) is 46.0 Å². The molecule has 0 spiro atoms. The number of imidazole rings is 1. The molecule has 0 unspecified atom stereocenters. The molecule has 2 aromatic rings. The molecule has 1 saturated carbocycles. The molecular weight excluding hydrogens is 324 g/mol. The molecule has 1 aromatic carbocycles. The number of amides is 1. The molecule has 4 rings (SSSR count). The van der Waals surface area contributed by atoms with E-state index in [4.69, 9.17) is 0 Å². The predicted molar refractivity (Wildman–Crippen MR) is 103 cm³/mol. The Labute approximate surface area is 154 Å². The zero-order valence-electron chi connectivity index (χ0n) is 15.1. The summed E-state index contributed by atoms with van der Waals surface area (Å²) in [5.74, 6) is 1.01. The first-order valence-electron chi connectivity index (χ1n) is 9.59. The van der Waals surface area contributed by atoms with E-state index in [1.54, 1.807) is 0 Å². The average molecular weight is 350 g/mol. The molecule has 0 saturated heterocycles. The molecular formula is C21H26N4O. The van der Waals surface area contributed by atoms with Crippen molar-refractivity contribution in [3.63, 3.8) is 0 Å². The van der Waals surface area contributed by atoms with Gasteiger partial charge in [0.2, 0.25) is 0 Å². The van der Waals surface area contributed by atoms with E-state index in [0.29, 0.717) is 11.7 Å². The van der Waals surface area contributed by atoms with E-state index in [9.17, 15) is 4.79 Å². The summed E-state index contributed by atoms with van der Waals surface area (Å²) in [5, 5.41) is 3.08. The summed E-state index contributed by atoms with van der Waals surface area (Å²) in [5.41, 5.74) is 1.81. The molecule has 2 heterocycles. The number of hydrogen-bond acceptors (Lipinski definition) is 3. The first-order chi connectivity index (χ1) is 12.8. The van der Waals surface area contributed by atoms with Crippen LogP contribution in [0.1, 0.15) is 41.1 Å². The quantitative estimate of drug-likeness (QED) is 0.902. The number of aromatic nitrogens is 2. The molecule has 1 aromatic heterocycles. The molecule has 1 aliphatic carbocycles. The van der Waals surface area contributed by atoms with Crippen molar-refractivity contribution in [1.29, 1.82) is 0 Å². The molecule has 1 amide bonds. The lowest BCUT2D eigenvalue weighted by Crippen LogP contribution is -2.39. The maximum Gasteiger partial charge on any atom is 0.271 e. The molecule has 5 nitrogen and oxygen atoms in total. The van der Waals surface area contributed by atoms with Crippen LogP contribution in [0.5, 0.6) is 0 Å². The van der Waals surface area contributed by atoms with Crippen molar-refractivity contribution in [2.24, 2.45) is 0 Å². The molecule has 1 N–H and O–H groups in total. The van der Waals surface area contributed by atoms with Crippen LogP contribution in [0.3, 0.4) is 0 Å². The fourth-order valence-electron chi connectivity index (χ4n) is 3.47. The molecule has 1 aliphatic heterocycles. The van der Waals surface area contributed by atoms with Crippen LogP contribution in [0.2, 0.25) is 0 Å². The Balaban J connectivity index is 1.31. The first-order valence-corrected chi connectivity index (χ1v) is 9.59. The zero-order valence-corrected chi connectivity index (χ0v) is 15.1. The third-order valence-corrected chi connectivity index (χ3v) is 5.31. The van der Waals surface area contributed by atoms with Gasteiger partial charge in [0.1, 0.15) is 11.5 Å². The van der Waals surface area contributed by atoms with Gasteiger partial charge in [-0.05, 0) is 24.8 Å². The molecule has 1 fully saturated rings. The molecule has 26 heavy (non-hydrogen) atoms. The number of nitrogens with zero attached hydrogens (tertiary/aromatic N) is 3. The maximum absolute atomic E-state index is 12.3. The highest BCUT2D eigenvalue weighted by atomic mass is 16.2. The van der Waals surface area contributed by atoms with E-state index in [1.807, 2.05) is 12.3 Å². The minimum absolute atomic E-state index is 0.0158. The van der Waals surface area contributed by atoms with Crippen molar-refractivity contribution in [2.75, 3.05) is 19.6 Å². The topological polar surface area (TPSA) is 50.2 Å². The highest BCUT2D eigenvalue weighted by molar-refractivity contribution is 5.92. The van der Waals surface area contributed by atoms with Crippen molar-refractivity contribution in [2.45, 2.75) is 38.3 Å². The Kier molecular flexibility index (Phi) is 5.16. The molecule has 0 radical (unpaired) electrons. The van der Waals surface area contributed by atoms with Gasteiger partial charge in [0, 0.05) is 44.8 Å². The second-order valence-corrected chi connectivity index (χ2v) is 7.20. The molecule has 136 valence electrons. The minimum Gasteiger partial charge on any atom is -0.348 e. The molecule has 0 atom stereocenters. The second-order valence-electron chi connectivity index (χ2n) is 7.20. The van der Waals surface area contributed by atoms with Gasteiger partial charge in [0.25, 0.3) is 5.91 Å². The van der Waals surface area contributed by atoms with E-state index in [1.165, 1.54) is 12.0 Å². The number of nitrogens with one attached hydrogen (secondary N) is 1. The Morgan fingerprint density at radius 3 is 2.81 bits per heavy atom. The largest absolute Gasteiger partial charge is 0.348 e.